The van der Waals surface area contributed by atoms with Gasteiger partial charge >= 0.3 is 6.09 Å². The predicted octanol–water partition coefficient (Wildman–Crippen LogP) is 4.38. The second kappa shape index (κ2) is 7.08. The van der Waals surface area contributed by atoms with Gasteiger partial charge in [-0.05, 0) is 36.4 Å². The number of carbonyl (C=O) groups excluding carboxylic acids is 1. The van der Waals surface area contributed by atoms with Crippen LogP contribution in [-0.4, -0.2) is 13.2 Å². The van der Waals surface area contributed by atoms with Crippen LogP contribution in [0.25, 0.3) is 0 Å². The molecule has 0 fully saturated rings. The molecule has 0 radical (unpaired) electrons. The van der Waals surface area contributed by atoms with Crippen LogP contribution in [-0.2, 0) is 11.3 Å². The van der Waals surface area contributed by atoms with Gasteiger partial charge in [-0.15, -0.1) is 0 Å². The molecule has 110 valence electrons. The first-order chi connectivity index (χ1) is 10.1. The maximum absolute atomic E-state index is 13.6. The molecule has 0 heterocycles. The molecule has 0 aliphatic rings. The van der Waals surface area contributed by atoms with Crippen molar-refractivity contribution in [2.75, 3.05) is 17.7 Å². The fourth-order valence-corrected chi connectivity index (χ4v) is 2.16. The Hall–Kier alpha value is -2.08. The Morgan fingerprint density at radius 3 is 2.76 bits per heavy atom. The van der Waals surface area contributed by atoms with Gasteiger partial charge in [-0.3, -0.25) is 5.32 Å². The van der Waals surface area contributed by atoms with E-state index in [0.717, 1.165) is 10.2 Å². The normalized spacial score (nSPS) is 10.0. The van der Waals surface area contributed by atoms with Gasteiger partial charge in [-0.2, -0.15) is 0 Å². The minimum Gasteiger partial charge on any atom is -0.453 e. The lowest BCUT2D eigenvalue weighted by atomic mass is 10.2. The smallest absolute Gasteiger partial charge is 0.411 e. The van der Waals surface area contributed by atoms with Gasteiger partial charge in [0.2, 0.25) is 0 Å². The van der Waals surface area contributed by atoms with Crippen LogP contribution in [0.4, 0.5) is 20.6 Å². The van der Waals surface area contributed by atoms with Crippen LogP contribution < -0.4 is 10.6 Å². The minimum absolute atomic E-state index is 0.269. The Bertz CT molecular complexity index is 649. The van der Waals surface area contributed by atoms with Gasteiger partial charge < -0.3 is 10.1 Å². The molecule has 6 heteroatoms. The number of nitrogens with one attached hydrogen (secondary N) is 2. The molecule has 0 aliphatic heterocycles. The molecule has 21 heavy (non-hydrogen) atoms. The van der Waals surface area contributed by atoms with E-state index in [4.69, 9.17) is 0 Å². The number of halogens is 2. The van der Waals surface area contributed by atoms with Gasteiger partial charge in [0.05, 0.1) is 7.11 Å². The van der Waals surface area contributed by atoms with Gasteiger partial charge in [0, 0.05) is 28.0 Å². The van der Waals surface area contributed by atoms with Crippen molar-refractivity contribution in [2.45, 2.75) is 6.54 Å². The second-order valence-electron chi connectivity index (χ2n) is 4.29. The fourth-order valence-electron chi connectivity index (χ4n) is 1.75. The summed E-state index contributed by atoms with van der Waals surface area (Å²) in [5.74, 6) is -0.269. The third kappa shape index (κ3) is 4.46. The molecular formula is C15H14BrFN2O2. The van der Waals surface area contributed by atoms with E-state index in [0.29, 0.717) is 17.8 Å². The predicted molar refractivity (Wildman–Crippen MR) is 83.9 cm³/mol. The third-order valence-electron chi connectivity index (χ3n) is 2.79. The molecule has 2 N–H and O–H groups in total. The Morgan fingerprint density at radius 1 is 1.24 bits per heavy atom. The van der Waals surface area contributed by atoms with Gasteiger partial charge in [-0.1, -0.05) is 22.0 Å². The molecule has 2 aromatic rings. The van der Waals surface area contributed by atoms with Gasteiger partial charge in [0.25, 0.3) is 0 Å². The molecule has 4 nitrogen and oxygen atoms in total. The Balaban J connectivity index is 2.04. The van der Waals surface area contributed by atoms with Crippen LogP contribution >= 0.6 is 15.9 Å². The number of carbonyl (C=O) groups is 1. The SMILES string of the molecule is COC(=O)Nc1cccc(NCc2cc(Br)ccc2F)c1. The summed E-state index contributed by atoms with van der Waals surface area (Å²) in [6.45, 7) is 0.340. The van der Waals surface area contributed by atoms with Crippen LogP contribution in [0, 0.1) is 5.82 Å². The summed E-state index contributed by atoms with van der Waals surface area (Å²) in [7, 11) is 1.30. The van der Waals surface area contributed by atoms with E-state index in [1.165, 1.54) is 13.2 Å². The molecule has 0 spiro atoms. The summed E-state index contributed by atoms with van der Waals surface area (Å²) in [6.07, 6.45) is -0.537. The van der Waals surface area contributed by atoms with Crippen molar-refractivity contribution in [3.05, 3.63) is 58.3 Å². The van der Waals surface area contributed by atoms with E-state index in [1.807, 2.05) is 6.07 Å². The Kier molecular flexibility index (Phi) is 5.16. The quantitative estimate of drug-likeness (QED) is 0.858. The van der Waals surface area contributed by atoms with Crippen LogP contribution in [0.2, 0.25) is 0 Å². The lowest BCUT2D eigenvalue weighted by Gasteiger charge is -2.10. The van der Waals surface area contributed by atoms with Crippen LogP contribution in [0.3, 0.4) is 0 Å². The molecule has 0 unspecified atom stereocenters. The Morgan fingerprint density at radius 2 is 2.00 bits per heavy atom. The number of ether oxygens (including phenoxy) is 1. The maximum atomic E-state index is 13.6. The van der Waals surface area contributed by atoms with E-state index in [1.54, 1.807) is 30.3 Å². The van der Waals surface area contributed by atoms with E-state index in [9.17, 15) is 9.18 Å². The van der Waals surface area contributed by atoms with E-state index >= 15 is 0 Å². The standard InChI is InChI=1S/C15H14BrFN2O2/c1-21-15(20)19-13-4-2-3-12(8-13)18-9-10-7-11(16)5-6-14(10)17/h2-8,18H,9H2,1H3,(H,19,20). The van der Waals surface area contributed by atoms with E-state index in [2.05, 4.69) is 31.3 Å². The zero-order valence-electron chi connectivity index (χ0n) is 11.3. The van der Waals surface area contributed by atoms with Crippen LogP contribution in [0.1, 0.15) is 5.56 Å². The fraction of sp³-hybridized carbons (Fsp3) is 0.133. The van der Waals surface area contributed by atoms with Crippen molar-refractivity contribution in [3.63, 3.8) is 0 Å². The highest BCUT2D eigenvalue weighted by Crippen LogP contribution is 2.19. The molecule has 0 aliphatic carbocycles. The summed E-state index contributed by atoms with van der Waals surface area (Å²) in [6, 6.07) is 11.9. The minimum atomic E-state index is -0.537. The number of anilines is 2. The number of hydrogen-bond donors (Lipinski definition) is 2. The summed E-state index contributed by atoms with van der Waals surface area (Å²) < 4.78 is 19.0. The lowest BCUT2D eigenvalue weighted by Crippen LogP contribution is -2.11. The third-order valence-corrected chi connectivity index (χ3v) is 3.28. The number of rotatable bonds is 4. The van der Waals surface area contributed by atoms with Crippen molar-refractivity contribution >= 4 is 33.4 Å². The van der Waals surface area contributed by atoms with Crippen molar-refractivity contribution in [1.29, 1.82) is 0 Å². The van der Waals surface area contributed by atoms with Crippen LogP contribution in [0.5, 0.6) is 0 Å². The lowest BCUT2D eigenvalue weighted by molar-refractivity contribution is 0.187. The summed E-state index contributed by atoms with van der Waals surface area (Å²) in [5.41, 5.74) is 1.92. The topological polar surface area (TPSA) is 50.4 Å². The van der Waals surface area contributed by atoms with Crippen molar-refractivity contribution in [2.24, 2.45) is 0 Å². The molecule has 0 saturated carbocycles. The van der Waals surface area contributed by atoms with Crippen molar-refractivity contribution in [1.82, 2.24) is 0 Å². The van der Waals surface area contributed by atoms with E-state index in [-0.39, 0.29) is 5.82 Å². The largest absolute Gasteiger partial charge is 0.453 e. The highest BCUT2D eigenvalue weighted by molar-refractivity contribution is 9.10. The average Bonchev–Trinajstić information content (AvgIpc) is 2.48. The number of hydrogen-bond acceptors (Lipinski definition) is 3. The molecule has 0 saturated heterocycles. The van der Waals surface area contributed by atoms with Gasteiger partial charge in [0.1, 0.15) is 5.82 Å². The molecule has 0 bridgehead atoms. The zero-order chi connectivity index (χ0) is 15.2. The maximum Gasteiger partial charge on any atom is 0.411 e. The summed E-state index contributed by atoms with van der Waals surface area (Å²) >= 11 is 3.31. The molecule has 2 aromatic carbocycles. The highest BCUT2D eigenvalue weighted by Gasteiger charge is 2.04. The van der Waals surface area contributed by atoms with Gasteiger partial charge in [0.15, 0.2) is 0 Å². The van der Waals surface area contributed by atoms with Crippen molar-refractivity contribution < 1.29 is 13.9 Å². The van der Waals surface area contributed by atoms with Gasteiger partial charge in [-0.25, -0.2) is 9.18 Å². The molecule has 1 amide bonds. The molecule has 0 aromatic heterocycles. The monoisotopic (exact) mass is 352 g/mol. The first-order valence-electron chi connectivity index (χ1n) is 6.21. The average molecular weight is 353 g/mol. The summed E-state index contributed by atoms with van der Waals surface area (Å²) in [5, 5.41) is 5.68. The van der Waals surface area contributed by atoms with Crippen molar-refractivity contribution in [3.8, 4) is 0 Å². The molecule has 0 atom stereocenters. The summed E-state index contributed by atoms with van der Waals surface area (Å²) in [4.78, 5) is 11.1. The second-order valence-corrected chi connectivity index (χ2v) is 5.20. The molecular weight excluding hydrogens is 339 g/mol. The first kappa shape index (κ1) is 15.3. The molecule has 2 rings (SSSR count). The number of benzene rings is 2. The van der Waals surface area contributed by atoms with E-state index < -0.39 is 6.09 Å². The number of amides is 1. The van der Waals surface area contributed by atoms with Crippen LogP contribution in [0.15, 0.2) is 46.9 Å². The Labute approximate surface area is 130 Å². The zero-order valence-corrected chi connectivity index (χ0v) is 12.9. The number of methoxy groups -OCH3 is 1. The first-order valence-corrected chi connectivity index (χ1v) is 7.00. The highest BCUT2D eigenvalue weighted by atomic mass is 79.9.